The quantitative estimate of drug-likeness (QED) is 0.553. The van der Waals surface area contributed by atoms with Gasteiger partial charge in [-0.05, 0) is 86.4 Å². The number of imide groups is 1. The zero-order chi connectivity index (χ0) is 24.4. The first-order valence-electron chi connectivity index (χ1n) is 14.2. The van der Waals surface area contributed by atoms with Crippen LogP contribution in [0.4, 0.5) is 5.82 Å². The molecule has 2 saturated heterocycles. The second-order valence-electron chi connectivity index (χ2n) is 12.4. The van der Waals surface area contributed by atoms with Crippen molar-refractivity contribution in [3.8, 4) is 0 Å². The highest BCUT2D eigenvalue weighted by atomic mass is 32.1. The van der Waals surface area contributed by atoms with Crippen LogP contribution in [-0.2, 0) is 9.59 Å². The number of piperazine rings is 1. The van der Waals surface area contributed by atoms with E-state index in [0.717, 1.165) is 64.2 Å². The van der Waals surface area contributed by atoms with E-state index in [1.165, 1.54) is 29.3 Å². The van der Waals surface area contributed by atoms with Gasteiger partial charge in [-0.25, -0.2) is 0 Å². The maximum Gasteiger partial charge on any atom is 0.236 e. The van der Waals surface area contributed by atoms with Crippen LogP contribution in [0.5, 0.6) is 0 Å². The minimum atomic E-state index is -0.402. The van der Waals surface area contributed by atoms with Crippen LogP contribution in [0.25, 0.3) is 10.1 Å². The number of rotatable bonds is 5. The highest BCUT2D eigenvalue weighted by molar-refractivity contribution is 7.13. The molecule has 3 heterocycles. The average molecular weight is 507 g/mol. The molecule has 0 spiro atoms. The van der Waals surface area contributed by atoms with Gasteiger partial charge in [0.25, 0.3) is 0 Å². The van der Waals surface area contributed by atoms with Crippen LogP contribution in [0.15, 0.2) is 24.3 Å². The lowest BCUT2D eigenvalue weighted by Crippen LogP contribution is -2.50. The Bertz CT molecular complexity index is 1170. The molecule has 6 nitrogen and oxygen atoms in total. The largest absolute Gasteiger partial charge is 0.353 e. The number of hydrogen-bond donors (Lipinski definition) is 0. The highest BCUT2D eigenvalue weighted by Crippen LogP contribution is 2.63. The van der Waals surface area contributed by atoms with E-state index in [1.54, 1.807) is 16.4 Å². The molecule has 5 fully saturated rings. The first-order valence-corrected chi connectivity index (χ1v) is 15.0. The molecule has 0 N–H and O–H groups in total. The highest BCUT2D eigenvalue weighted by Gasteiger charge is 2.68. The van der Waals surface area contributed by atoms with E-state index in [9.17, 15) is 9.59 Å². The smallest absolute Gasteiger partial charge is 0.236 e. The Morgan fingerprint density at radius 1 is 0.972 bits per heavy atom. The summed E-state index contributed by atoms with van der Waals surface area (Å²) < 4.78 is 6.03. The summed E-state index contributed by atoms with van der Waals surface area (Å²) in [5.41, 5.74) is -0.402. The third-order valence-electron chi connectivity index (χ3n) is 10.7. The molecule has 2 aromatic rings. The van der Waals surface area contributed by atoms with Crippen molar-refractivity contribution in [3.05, 3.63) is 24.3 Å². The van der Waals surface area contributed by atoms with Crippen molar-refractivity contribution in [3.63, 3.8) is 0 Å². The maximum atomic E-state index is 13.6. The van der Waals surface area contributed by atoms with Gasteiger partial charge in [-0.15, -0.1) is 0 Å². The van der Waals surface area contributed by atoms with Crippen molar-refractivity contribution in [1.82, 2.24) is 14.2 Å². The molecule has 36 heavy (non-hydrogen) atoms. The van der Waals surface area contributed by atoms with E-state index in [1.807, 2.05) is 0 Å². The molecule has 5 aliphatic rings. The van der Waals surface area contributed by atoms with Gasteiger partial charge >= 0.3 is 0 Å². The predicted octanol–water partition coefficient (Wildman–Crippen LogP) is 4.65. The monoisotopic (exact) mass is 506 g/mol. The van der Waals surface area contributed by atoms with Crippen molar-refractivity contribution < 1.29 is 9.59 Å². The van der Waals surface area contributed by atoms with Gasteiger partial charge in [-0.1, -0.05) is 25.0 Å². The topological polar surface area (TPSA) is 56.8 Å². The molecule has 2 amide bonds. The molecular formula is C29H38N4O2S. The third-order valence-corrected chi connectivity index (χ3v) is 11.5. The van der Waals surface area contributed by atoms with Crippen molar-refractivity contribution in [2.75, 3.05) is 44.2 Å². The number of fused-ring (bicyclic) bond motifs is 6. The number of amides is 2. The zero-order valence-corrected chi connectivity index (χ0v) is 22.2. The van der Waals surface area contributed by atoms with Crippen molar-refractivity contribution >= 4 is 39.3 Å². The predicted molar refractivity (Wildman–Crippen MR) is 143 cm³/mol. The van der Waals surface area contributed by atoms with E-state index >= 15 is 0 Å². The van der Waals surface area contributed by atoms with Crippen LogP contribution in [0.2, 0.25) is 0 Å². The Morgan fingerprint density at radius 2 is 1.72 bits per heavy atom. The summed E-state index contributed by atoms with van der Waals surface area (Å²) in [6.07, 6.45) is 8.27. The van der Waals surface area contributed by atoms with Gasteiger partial charge < -0.3 is 4.90 Å². The number of anilines is 1. The third kappa shape index (κ3) is 3.48. The first-order chi connectivity index (χ1) is 17.5. The van der Waals surface area contributed by atoms with E-state index in [0.29, 0.717) is 30.2 Å². The molecule has 1 unspecified atom stereocenters. The lowest BCUT2D eigenvalue weighted by atomic mass is 9.69. The number of carbonyl (C=O) groups is 2. The Kier molecular flexibility index (Phi) is 5.66. The minimum Gasteiger partial charge on any atom is -0.353 e. The van der Waals surface area contributed by atoms with Gasteiger partial charge in [0.1, 0.15) is 5.82 Å². The van der Waals surface area contributed by atoms with E-state index in [2.05, 4.69) is 41.0 Å². The summed E-state index contributed by atoms with van der Waals surface area (Å²) in [5.74, 6) is 3.37. The number of benzene rings is 1. The molecule has 7 rings (SSSR count). The van der Waals surface area contributed by atoms with Crippen molar-refractivity contribution in [2.45, 2.75) is 51.9 Å². The Balaban J connectivity index is 1.000. The van der Waals surface area contributed by atoms with Crippen LogP contribution < -0.4 is 4.90 Å². The molecule has 1 aromatic carbocycles. The molecule has 3 saturated carbocycles. The molecule has 7 heteroatoms. The Hall–Kier alpha value is -1.99. The normalized spacial score (nSPS) is 36.9. The fraction of sp³-hybridized carbons (Fsp3) is 0.690. The molecular weight excluding hydrogens is 468 g/mol. The van der Waals surface area contributed by atoms with E-state index < -0.39 is 5.41 Å². The first kappa shape index (κ1) is 23.2. The standard InChI is InChI=1S/C29H38N4O2S/c1-29-22-11-10-19(16-22)25(29)27(34)33(28(29)35)18-21-7-3-2-6-20(21)17-31-12-14-32(15-13-31)26-23-8-4-5-9-24(23)36-30-26/h4-5,8-9,19-22,25H,2-3,6-7,10-18H2,1H3/t19-,20-,21?,22+,25+,29+/m0/s1. The molecule has 3 aliphatic carbocycles. The number of carbonyl (C=O) groups excluding carboxylic acids is 2. The summed E-state index contributed by atoms with van der Waals surface area (Å²) >= 11 is 1.60. The van der Waals surface area contributed by atoms with Crippen LogP contribution in [-0.4, -0.2) is 65.3 Å². The second kappa shape index (κ2) is 8.80. The van der Waals surface area contributed by atoms with Gasteiger partial charge in [0, 0.05) is 44.7 Å². The summed E-state index contributed by atoms with van der Waals surface area (Å²) in [7, 11) is 0. The Labute approximate surface area is 218 Å². The zero-order valence-electron chi connectivity index (χ0n) is 21.4. The second-order valence-corrected chi connectivity index (χ2v) is 13.2. The molecule has 2 bridgehead atoms. The van der Waals surface area contributed by atoms with E-state index in [4.69, 9.17) is 4.37 Å². The molecule has 192 valence electrons. The van der Waals surface area contributed by atoms with E-state index in [-0.39, 0.29) is 17.7 Å². The summed E-state index contributed by atoms with van der Waals surface area (Å²) in [4.78, 5) is 33.9. The number of likely N-dealkylation sites (tertiary alicyclic amines) is 1. The SMILES string of the molecule is C[C@]12C(=O)N(CC3CCCC[C@H]3CN3CCN(c4nsc5ccccc45)CC3)C(=O)[C@H]1[C@H]1CC[C@@H]2C1. The maximum absolute atomic E-state index is 13.6. The molecule has 6 atom stereocenters. The fourth-order valence-electron chi connectivity index (χ4n) is 8.68. The van der Waals surface area contributed by atoms with Gasteiger partial charge in [0.05, 0.1) is 16.0 Å². The van der Waals surface area contributed by atoms with Crippen LogP contribution in [0.1, 0.15) is 51.9 Å². The molecule has 0 radical (unpaired) electrons. The van der Waals surface area contributed by atoms with Crippen LogP contribution in [0, 0.1) is 35.0 Å². The average Bonchev–Trinajstić information content (AvgIpc) is 3.65. The number of aromatic nitrogens is 1. The van der Waals surface area contributed by atoms with Crippen LogP contribution >= 0.6 is 11.5 Å². The fourth-order valence-corrected chi connectivity index (χ4v) is 9.47. The van der Waals surface area contributed by atoms with Gasteiger partial charge in [0.15, 0.2) is 0 Å². The lowest BCUT2D eigenvalue weighted by Gasteiger charge is -2.40. The summed E-state index contributed by atoms with van der Waals surface area (Å²) in [6, 6.07) is 8.54. The summed E-state index contributed by atoms with van der Waals surface area (Å²) in [6.45, 7) is 8.01. The van der Waals surface area contributed by atoms with Gasteiger partial charge in [-0.3, -0.25) is 19.4 Å². The Morgan fingerprint density at radius 3 is 2.50 bits per heavy atom. The summed E-state index contributed by atoms with van der Waals surface area (Å²) in [5, 5.41) is 1.27. The van der Waals surface area contributed by atoms with Gasteiger partial charge in [0.2, 0.25) is 11.8 Å². The minimum absolute atomic E-state index is 0.0272. The molecule has 2 aliphatic heterocycles. The molecule has 1 aromatic heterocycles. The lowest BCUT2D eigenvalue weighted by molar-refractivity contribution is -0.143. The van der Waals surface area contributed by atoms with Crippen molar-refractivity contribution in [1.29, 1.82) is 0 Å². The van der Waals surface area contributed by atoms with Crippen molar-refractivity contribution in [2.24, 2.45) is 35.0 Å². The van der Waals surface area contributed by atoms with Crippen LogP contribution in [0.3, 0.4) is 0 Å². The number of hydrogen-bond acceptors (Lipinski definition) is 6. The van der Waals surface area contributed by atoms with Gasteiger partial charge in [-0.2, -0.15) is 4.37 Å². The number of nitrogens with zero attached hydrogens (tertiary/aromatic N) is 4.